The molecule has 2 aromatic heterocycles. The van der Waals surface area contributed by atoms with E-state index in [1.54, 1.807) is 0 Å². The van der Waals surface area contributed by atoms with Gasteiger partial charge in [0.1, 0.15) is 34.5 Å². The van der Waals surface area contributed by atoms with Crippen LogP contribution in [0.25, 0.3) is 21.8 Å². The summed E-state index contributed by atoms with van der Waals surface area (Å²) in [6, 6.07) is 5.15. The molecule has 0 saturated heterocycles. The van der Waals surface area contributed by atoms with Gasteiger partial charge >= 0.3 is 17.6 Å². The number of benzene rings is 2. The fourth-order valence-corrected chi connectivity index (χ4v) is 7.56. The van der Waals surface area contributed by atoms with E-state index in [1.807, 2.05) is 13.8 Å². The lowest BCUT2D eigenvalue weighted by molar-refractivity contribution is -0.386. The fourth-order valence-electron chi connectivity index (χ4n) is 6.60. The SMILES string of the molecule is CCOCC1CC(C(=O)OC)(c2c([N+](=O)[O-])cnc3cc(F)c(Br)cc23)C1.CCOCC1CC(C(=O)OC)C1.O=[N+]([O-])c1cnc2cc(F)c(Br)cc2c1Cl. The standard InChI is InChI=1S/C18H18BrFN2O5.C9H3BrClFN2O2.C9H16O3/c1-3-27-9-10-6-18(7-10,17(23)26-2)16-11-4-12(19)13(20)5-14(11)21-8-15(16)22(24)25;10-5-1-4-7(2-6(5)12)13-3-8(9(4)11)14(15)16;1-3-12-6-7-4-8(5-7)9(10)11-2/h4-5,8,10H,3,6-7,9H2,1-2H3;1-3H;7-8H,3-6H2,1-2H3. The fraction of sp³-hybridized carbons (Fsp3) is 0.444. The molecule has 0 spiro atoms. The number of carbonyl (C=O) groups is 2. The van der Waals surface area contributed by atoms with Crippen molar-refractivity contribution in [3.8, 4) is 0 Å². The molecule has 2 heterocycles. The predicted octanol–water partition coefficient (Wildman–Crippen LogP) is 8.82. The van der Waals surface area contributed by atoms with Gasteiger partial charge in [-0.2, -0.15) is 0 Å². The number of ether oxygens (including phenoxy) is 4. The number of nitro groups is 2. The molecule has 6 rings (SSSR count). The number of nitrogens with zero attached hydrogens (tertiary/aromatic N) is 4. The summed E-state index contributed by atoms with van der Waals surface area (Å²) >= 11 is 11.9. The van der Waals surface area contributed by atoms with Gasteiger partial charge in [0.15, 0.2) is 0 Å². The molecule has 0 amide bonds. The van der Waals surface area contributed by atoms with Crippen LogP contribution in [0.15, 0.2) is 45.6 Å². The predicted molar refractivity (Wildman–Crippen MR) is 205 cm³/mol. The van der Waals surface area contributed by atoms with Gasteiger partial charge in [-0.05, 0) is 95.4 Å². The molecule has 4 aromatic rings. The number of halogens is 5. The van der Waals surface area contributed by atoms with Gasteiger partial charge in [0.05, 0.1) is 55.5 Å². The molecule has 0 aliphatic heterocycles. The number of carbonyl (C=O) groups excluding carboxylic acids is 2. The maximum absolute atomic E-state index is 13.9. The van der Waals surface area contributed by atoms with E-state index < -0.39 is 32.9 Å². The van der Waals surface area contributed by atoms with Crippen LogP contribution in [0.5, 0.6) is 0 Å². The minimum Gasteiger partial charge on any atom is -0.469 e. The highest BCUT2D eigenvalue weighted by Gasteiger charge is 2.56. The van der Waals surface area contributed by atoms with Crippen LogP contribution in [0.4, 0.5) is 20.2 Å². The van der Waals surface area contributed by atoms with E-state index in [4.69, 9.17) is 25.8 Å². The van der Waals surface area contributed by atoms with Gasteiger partial charge in [0.25, 0.3) is 5.69 Å². The zero-order valence-corrected chi connectivity index (χ0v) is 34.0. The lowest BCUT2D eigenvalue weighted by Crippen LogP contribution is -2.50. The Morgan fingerprint density at radius 3 is 1.82 bits per heavy atom. The van der Waals surface area contributed by atoms with Crippen LogP contribution in [-0.4, -0.2) is 72.4 Å². The summed E-state index contributed by atoms with van der Waals surface area (Å²) in [5.41, 5.74) is -1.02. The van der Waals surface area contributed by atoms with Gasteiger partial charge in [-0.3, -0.25) is 29.8 Å². The first kappa shape index (κ1) is 43.8. The number of methoxy groups -OCH3 is 2. The minimum absolute atomic E-state index is 0.0456. The Morgan fingerprint density at radius 1 is 0.836 bits per heavy atom. The van der Waals surface area contributed by atoms with Gasteiger partial charge < -0.3 is 18.9 Å². The van der Waals surface area contributed by atoms with Crippen LogP contribution in [0, 0.1) is 49.6 Å². The molecule has 0 radical (unpaired) electrons. The average molecular weight is 919 g/mol. The van der Waals surface area contributed by atoms with Crippen molar-refractivity contribution in [3.63, 3.8) is 0 Å². The van der Waals surface area contributed by atoms with Gasteiger partial charge in [0, 0.05) is 49.3 Å². The van der Waals surface area contributed by atoms with Crippen LogP contribution in [-0.2, 0) is 34.0 Å². The van der Waals surface area contributed by atoms with Crippen LogP contribution in [0.3, 0.4) is 0 Å². The quantitative estimate of drug-likeness (QED) is 0.0793. The van der Waals surface area contributed by atoms with Crippen molar-refractivity contribution < 1.29 is 47.2 Å². The summed E-state index contributed by atoms with van der Waals surface area (Å²) in [4.78, 5) is 52.5. The maximum atomic E-state index is 13.9. The topological polar surface area (TPSA) is 183 Å². The van der Waals surface area contributed by atoms with Crippen molar-refractivity contribution in [1.82, 2.24) is 9.97 Å². The van der Waals surface area contributed by atoms with Crippen molar-refractivity contribution in [2.75, 3.05) is 40.6 Å². The molecule has 2 fully saturated rings. The van der Waals surface area contributed by atoms with Crippen LogP contribution >= 0.6 is 43.5 Å². The number of fused-ring (bicyclic) bond motifs is 2. The van der Waals surface area contributed by atoms with Crippen molar-refractivity contribution in [2.24, 2.45) is 17.8 Å². The van der Waals surface area contributed by atoms with E-state index in [9.17, 15) is 38.6 Å². The highest BCUT2D eigenvalue weighted by atomic mass is 79.9. The van der Waals surface area contributed by atoms with Gasteiger partial charge in [-0.1, -0.05) is 11.6 Å². The van der Waals surface area contributed by atoms with Crippen LogP contribution in [0.2, 0.25) is 5.02 Å². The monoisotopic (exact) mass is 916 g/mol. The first-order valence-corrected chi connectivity index (χ1v) is 18.9. The van der Waals surface area contributed by atoms with Crippen LogP contribution < -0.4 is 0 Å². The maximum Gasteiger partial charge on any atom is 0.316 e. The molecule has 0 bridgehead atoms. The van der Waals surface area contributed by atoms with Gasteiger partial charge in [0.2, 0.25) is 0 Å². The number of hydrogen-bond donors (Lipinski definition) is 0. The second kappa shape index (κ2) is 19.3. The number of rotatable bonds is 11. The van der Waals surface area contributed by atoms with Crippen LogP contribution in [0.1, 0.15) is 45.1 Å². The summed E-state index contributed by atoms with van der Waals surface area (Å²) in [5.74, 6) is -0.853. The summed E-state index contributed by atoms with van der Waals surface area (Å²) < 4.78 is 47.7. The Bertz CT molecular complexity index is 2080. The Balaban J connectivity index is 0.000000203. The first-order chi connectivity index (χ1) is 26.1. The van der Waals surface area contributed by atoms with E-state index >= 15 is 0 Å². The molecule has 296 valence electrons. The molecule has 2 aromatic carbocycles. The Hall–Kier alpha value is -3.97. The highest BCUT2D eigenvalue weighted by molar-refractivity contribution is 9.10. The summed E-state index contributed by atoms with van der Waals surface area (Å²) in [6.07, 6.45) is 4.67. The van der Waals surface area contributed by atoms with E-state index in [0.29, 0.717) is 42.7 Å². The number of aromatic nitrogens is 2. The third kappa shape index (κ3) is 9.89. The summed E-state index contributed by atoms with van der Waals surface area (Å²) in [7, 11) is 2.70. The second-order valence-electron chi connectivity index (χ2n) is 12.8. The van der Waals surface area contributed by atoms with Crippen molar-refractivity contribution in [2.45, 2.75) is 44.9 Å². The molecule has 0 unspecified atom stereocenters. The zero-order valence-electron chi connectivity index (χ0n) is 30.1. The highest BCUT2D eigenvalue weighted by Crippen LogP contribution is 2.53. The molecular weight excluding hydrogens is 882 g/mol. The summed E-state index contributed by atoms with van der Waals surface area (Å²) in [6.45, 7) is 6.43. The lowest BCUT2D eigenvalue weighted by atomic mass is 9.58. The number of hydrogen-bond acceptors (Lipinski definition) is 12. The lowest BCUT2D eigenvalue weighted by Gasteiger charge is -2.45. The number of esters is 2. The third-order valence-electron chi connectivity index (χ3n) is 9.32. The molecule has 0 N–H and O–H groups in total. The minimum atomic E-state index is -1.18. The van der Waals surface area contributed by atoms with Gasteiger partial charge in [-0.25, -0.2) is 18.7 Å². The first-order valence-electron chi connectivity index (χ1n) is 16.9. The van der Waals surface area contributed by atoms with Crippen molar-refractivity contribution >= 4 is 88.6 Å². The average Bonchev–Trinajstić information content (AvgIpc) is 3.11. The molecular formula is C36H37Br2ClF2N4O10. The van der Waals surface area contributed by atoms with E-state index in [1.165, 1.54) is 32.4 Å². The third-order valence-corrected chi connectivity index (χ3v) is 10.9. The normalized spacial score (nSPS) is 19.8. The number of pyridine rings is 2. The van der Waals surface area contributed by atoms with Gasteiger partial charge in [-0.15, -0.1) is 0 Å². The molecule has 14 nitrogen and oxygen atoms in total. The van der Waals surface area contributed by atoms with Crippen molar-refractivity contribution in [3.05, 3.63) is 88.1 Å². The Kier molecular flexibility index (Phi) is 15.3. The van der Waals surface area contributed by atoms with E-state index in [0.717, 1.165) is 44.5 Å². The Labute approximate surface area is 335 Å². The summed E-state index contributed by atoms with van der Waals surface area (Å²) in [5, 5.41) is 22.9. The molecule has 2 saturated carbocycles. The largest absolute Gasteiger partial charge is 0.469 e. The molecule has 2 aliphatic carbocycles. The molecule has 0 atom stereocenters. The Morgan fingerprint density at radius 2 is 1.33 bits per heavy atom. The molecule has 19 heteroatoms. The second-order valence-corrected chi connectivity index (χ2v) is 14.9. The van der Waals surface area contributed by atoms with Crippen molar-refractivity contribution in [1.29, 1.82) is 0 Å². The van der Waals surface area contributed by atoms with E-state index in [-0.39, 0.29) is 59.7 Å². The smallest absolute Gasteiger partial charge is 0.316 e. The molecule has 2 aliphatic rings. The molecule has 55 heavy (non-hydrogen) atoms. The van der Waals surface area contributed by atoms with E-state index in [2.05, 4.69) is 46.6 Å². The zero-order chi connectivity index (χ0) is 40.6.